The van der Waals surface area contributed by atoms with Crippen molar-refractivity contribution in [1.29, 1.82) is 0 Å². The predicted molar refractivity (Wildman–Crippen MR) is 76.4 cm³/mol. The van der Waals surface area contributed by atoms with Crippen molar-refractivity contribution in [3.05, 3.63) is 0 Å². The van der Waals surface area contributed by atoms with Gasteiger partial charge in [-0.3, -0.25) is 4.90 Å². The van der Waals surface area contributed by atoms with Crippen molar-refractivity contribution in [3.8, 4) is 0 Å². The molecule has 0 bridgehead atoms. The highest BCUT2D eigenvalue weighted by atomic mass is 15.2. The second-order valence-electron chi connectivity index (χ2n) is 6.40. The molecule has 1 unspecified atom stereocenters. The van der Waals surface area contributed by atoms with Gasteiger partial charge in [0.15, 0.2) is 0 Å². The first-order valence-electron chi connectivity index (χ1n) is 7.49. The molecule has 1 N–H and O–H groups in total. The Hall–Kier alpha value is -0.0800. The SMILES string of the molecule is CC(C)CCN(C(C)CCNC(C)C)C1CC1. The summed E-state index contributed by atoms with van der Waals surface area (Å²) in [5.41, 5.74) is 0. The molecule has 1 fully saturated rings. The molecule has 0 aromatic rings. The van der Waals surface area contributed by atoms with Gasteiger partial charge in [0.2, 0.25) is 0 Å². The Balaban J connectivity index is 2.25. The van der Waals surface area contributed by atoms with Crippen LogP contribution in [-0.4, -0.2) is 36.1 Å². The van der Waals surface area contributed by atoms with Gasteiger partial charge in [-0.2, -0.15) is 0 Å². The van der Waals surface area contributed by atoms with E-state index in [-0.39, 0.29) is 0 Å². The normalized spacial score (nSPS) is 18.4. The van der Waals surface area contributed by atoms with E-state index >= 15 is 0 Å². The number of rotatable bonds is 9. The fourth-order valence-corrected chi connectivity index (χ4v) is 2.32. The molecule has 1 atom stereocenters. The lowest BCUT2D eigenvalue weighted by Crippen LogP contribution is -2.39. The number of hydrogen-bond acceptors (Lipinski definition) is 2. The molecule has 1 aliphatic carbocycles. The van der Waals surface area contributed by atoms with Gasteiger partial charge in [-0.1, -0.05) is 27.7 Å². The minimum absolute atomic E-state index is 0.618. The van der Waals surface area contributed by atoms with Crippen molar-refractivity contribution in [3.63, 3.8) is 0 Å². The van der Waals surface area contributed by atoms with Crippen LogP contribution in [0.15, 0.2) is 0 Å². The molecule has 0 radical (unpaired) electrons. The van der Waals surface area contributed by atoms with Crippen molar-refractivity contribution >= 4 is 0 Å². The molecular formula is C15H32N2. The molecule has 1 aliphatic rings. The fraction of sp³-hybridized carbons (Fsp3) is 1.00. The molecule has 0 saturated heterocycles. The molecule has 0 heterocycles. The van der Waals surface area contributed by atoms with Gasteiger partial charge in [0.1, 0.15) is 0 Å². The quantitative estimate of drug-likeness (QED) is 0.665. The Morgan fingerprint density at radius 2 is 1.71 bits per heavy atom. The molecule has 0 amide bonds. The van der Waals surface area contributed by atoms with Crippen molar-refractivity contribution in [2.24, 2.45) is 5.92 Å². The average Bonchev–Trinajstić information content (AvgIpc) is 3.01. The van der Waals surface area contributed by atoms with Crippen LogP contribution < -0.4 is 5.32 Å². The van der Waals surface area contributed by atoms with E-state index in [0.29, 0.717) is 6.04 Å². The summed E-state index contributed by atoms with van der Waals surface area (Å²) in [4.78, 5) is 2.75. The minimum Gasteiger partial charge on any atom is -0.314 e. The number of hydrogen-bond donors (Lipinski definition) is 1. The van der Waals surface area contributed by atoms with Crippen molar-refractivity contribution in [2.75, 3.05) is 13.1 Å². The van der Waals surface area contributed by atoms with Gasteiger partial charge in [-0.15, -0.1) is 0 Å². The van der Waals surface area contributed by atoms with Crippen LogP contribution in [0.5, 0.6) is 0 Å². The lowest BCUT2D eigenvalue weighted by Gasteiger charge is -2.30. The Bertz CT molecular complexity index is 197. The summed E-state index contributed by atoms with van der Waals surface area (Å²) in [6, 6.07) is 2.27. The molecule has 0 spiro atoms. The van der Waals surface area contributed by atoms with Gasteiger partial charge in [0.05, 0.1) is 0 Å². The van der Waals surface area contributed by atoms with E-state index in [9.17, 15) is 0 Å². The molecule has 1 rings (SSSR count). The molecule has 1 saturated carbocycles. The van der Waals surface area contributed by atoms with Gasteiger partial charge in [0.25, 0.3) is 0 Å². The minimum atomic E-state index is 0.618. The number of nitrogens with zero attached hydrogens (tertiary/aromatic N) is 1. The molecule has 2 heteroatoms. The summed E-state index contributed by atoms with van der Waals surface area (Å²) >= 11 is 0. The third-order valence-electron chi connectivity index (χ3n) is 3.66. The Morgan fingerprint density at radius 1 is 1.06 bits per heavy atom. The van der Waals surface area contributed by atoms with Crippen LogP contribution in [0.25, 0.3) is 0 Å². The molecule has 0 aromatic carbocycles. The lowest BCUT2D eigenvalue weighted by atomic mass is 10.1. The third kappa shape index (κ3) is 6.42. The van der Waals surface area contributed by atoms with E-state index < -0.39 is 0 Å². The maximum Gasteiger partial charge on any atom is 0.00992 e. The first-order chi connectivity index (χ1) is 8.00. The van der Waals surface area contributed by atoms with Gasteiger partial charge >= 0.3 is 0 Å². The highest BCUT2D eigenvalue weighted by molar-refractivity contribution is 4.87. The monoisotopic (exact) mass is 240 g/mol. The predicted octanol–water partition coefficient (Wildman–Crippen LogP) is 3.27. The Kier molecular flexibility index (Phi) is 6.50. The zero-order chi connectivity index (χ0) is 12.8. The van der Waals surface area contributed by atoms with E-state index in [2.05, 4.69) is 44.8 Å². The largest absolute Gasteiger partial charge is 0.314 e. The first-order valence-corrected chi connectivity index (χ1v) is 7.49. The second kappa shape index (κ2) is 7.38. The van der Waals surface area contributed by atoms with Crippen LogP contribution >= 0.6 is 0 Å². The fourth-order valence-electron chi connectivity index (χ4n) is 2.32. The number of nitrogens with one attached hydrogen (secondary N) is 1. The molecule has 2 nitrogen and oxygen atoms in total. The third-order valence-corrected chi connectivity index (χ3v) is 3.66. The molecule has 0 aromatic heterocycles. The van der Waals surface area contributed by atoms with Crippen molar-refractivity contribution < 1.29 is 0 Å². The van der Waals surface area contributed by atoms with Crippen molar-refractivity contribution in [2.45, 2.75) is 78.4 Å². The smallest absolute Gasteiger partial charge is 0.00992 e. The maximum absolute atomic E-state index is 3.53. The summed E-state index contributed by atoms with van der Waals surface area (Å²) in [5, 5.41) is 3.53. The van der Waals surface area contributed by atoms with Crippen LogP contribution in [-0.2, 0) is 0 Å². The van der Waals surface area contributed by atoms with Crippen molar-refractivity contribution in [1.82, 2.24) is 10.2 Å². The standard InChI is InChI=1S/C15H32N2/c1-12(2)9-11-17(15-6-7-15)14(5)8-10-16-13(3)4/h12-16H,6-11H2,1-5H3. The summed E-state index contributed by atoms with van der Waals surface area (Å²) in [5.74, 6) is 0.831. The molecule has 102 valence electrons. The zero-order valence-corrected chi connectivity index (χ0v) is 12.5. The molecular weight excluding hydrogens is 208 g/mol. The van der Waals surface area contributed by atoms with Crippen LogP contribution in [0, 0.1) is 5.92 Å². The summed E-state index contributed by atoms with van der Waals surface area (Å²) in [6.45, 7) is 14.0. The van der Waals surface area contributed by atoms with E-state index in [0.717, 1.165) is 24.5 Å². The van der Waals surface area contributed by atoms with Gasteiger partial charge in [-0.05, 0) is 51.6 Å². The highest BCUT2D eigenvalue weighted by Gasteiger charge is 2.31. The maximum atomic E-state index is 3.53. The van der Waals surface area contributed by atoms with E-state index in [1.165, 1.54) is 32.2 Å². The van der Waals surface area contributed by atoms with Gasteiger partial charge in [0, 0.05) is 18.1 Å². The first kappa shape index (κ1) is 15.0. The Labute approximate surface area is 108 Å². The van der Waals surface area contributed by atoms with E-state index in [1.807, 2.05) is 0 Å². The van der Waals surface area contributed by atoms with Crippen LogP contribution in [0.4, 0.5) is 0 Å². The van der Waals surface area contributed by atoms with Gasteiger partial charge in [-0.25, -0.2) is 0 Å². The van der Waals surface area contributed by atoms with E-state index in [4.69, 9.17) is 0 Å². The molecule has 0 aliphatic heterocycles. The molecule has 17 heavy (non-hydrogen) atoms. The zero-order valence-electron chi connectivity index (χ0n) is 12.5. The summed E-state index contributed by atoms with van der Waals surface area (Å²) < 4.78 is 0. The summed E-state index contributed by atoms with van der Waals surface area (Å²) in [7, 11) is 0. The van der Waals surface area contributed by atoms with Crippen LogP contribution in [0.2, 0.25) is 0 Å². The average molecular weight is 240 g/mol. The second-order valence-corrected chi connectivity index (χ2v) is 6.40. The topological polar surface area (TPSA) is 15.3 Å². The van der Waals surface area contributed by atoms with Crippen LogP contribution in [0.3, 0.4) is 0 Å². The Morgan fingerprint density at radius 3 is 2.18 bits per heavy atom. The summed E-state index contributed by atoms with van der Waals surface area (Å²) in [6.07, 6.45) is 5.49. The van der Waals surface area contributed by atoms with Gasteiger partial charge < -0.3 is 5.32 Å². The van der Waals surface area contributed by atoms with E-state index in [1.54, 1.807) is 0 Å². The lowest BCUT2D eigenvalue weighted by molar-refractivity contribution is 0.178. The highest BCUT2D eigenvalue weighted by Crippen LogP contribution is 2.29. The van der Waals surface area contributed by atoms with Crippen LogP contribution in [0.1, 0.15) is 60.3 Å².